The van der Waals surface area contributed by atoms with Crippen LogP contribution in [0.2, 0.25) is 0 Å². The van der Waals surface area contributed by atoms with Gasteiger partial charge in [0.2, 0.25) is 5.82 Å². The van der Waals surface area contributed by atoms with Gasteiger partial charge in [-0.05, 0) is 43.4 Å². The van der Waals surface area contributed by atoms with Gasteiger partial charge in [0.15, 0.2) is 0 Å². The lowest BCUT2D eigenvalue weighted by Gasteiger charge is -2.34. The number of piperidine rings is 1. The maximum atomic E-state index is 5.61. The fourth-order valence-corrected chi connectivity index (χ4v) is 3.47. The Morgan fingerprint density at radius 2 is 2.19 bits per heavy atom. The Labute approximate surface area is 125 Å². The van der Waals surface area contributed by atoms with E-state index in [1.54, 1.807) is 17.5 Å². The number of aromatic nitrogens is 4. The second-order valence-electron chi connectivity index (χ2n) is 5.13. The predicted molar refractivity (Wildman–Crippen MR) is 79.0 cm³/mol. The lowest BCUT2D eigenvalue weighted by atomic mass is 9.88. The zero-order chi connectivity index (χ0) is 14.1. The molecule has 0 unspecified atom stereocenters. The molecular formula is C14H15N5OS. The SMILES string of the molecule is c1csc(-c2noc(C3(n4cccn4)CCNCC3)n2)c1. The van der Waals surface area contributed by atoms with Crippen molar-refractivity contribution in [1.29, 1.82) is 0 Å². The molecule has 3 aromatic heterocycles. The number of hydrogen-bond donors (Lipinski definition) is 1. The molecule has 3 aromatic rings. The topological polar surface area (TPSA) is 68.8 Å². The first-order valence-electron chi connectivity index (χ1n) is 6.97. The van der Waals surface area contributed by atoms with E-state index in [0.29, 0.717) is 11.7 Å². The normalized spacial score (nSPS) is 17.9. The highest BCUT2D eigenvalue weighted by Crippen LogP contribution is 2.35. The Bertz CT molecular complexity index is 698. The Morgan fingerprint density at radius 3 is 2.90 bits per heavy atom. The minimum absolute atomic E-state index is 0.336. The summed E-state index contributed by atoms with van der Waals surface area (Å²) in [4.78, 5) is 5.67. The molecule has 6 nitrogen and oxygen atoms in total. The smallest absolute Gasteiger partial charge is 0.255 e. The first-order chi connectivity index (χ1) is 10.4. The highest BCUT2D eigenvalue weighted by molar-refractivity contribution is 7.13. The maximum Gasteiger partial charge on any atom is 0.255 e. The number of nitrogens with zero attached hydrogens (tertiary/aromatic N) is 4. The Balaban J connectivity index is 1.77. The Kier molecular flexibility index (Phi) is 3.08. The monoisotopic (exact) mass is 301 g/mol. The Hall–Kier alpha value is -1.99. The molecular weight excluding hydrogens is 286 g/mol. The van der Waals surface area contributed by atoms with Crippen molar-refractivity contribution in [3.63, 3.8) is 0 Å². The van der Waals surface area contributed by atoms with Crippen molar-refractivity contribution in [2.45, 2.75) is 18.4 Å². The fourth-order valence-electron chi connectivity index (χ4n) is 2.82. The van der Waals surface area contributed by atoms with Crippen molar-refractivity contribution in [3.8, 4) is 10.7 Å². The molecule has 0 radical (unpaired) electrons. The molecule has 0 spiro atoms. The summed E-state index contributed by atoms with van der Waals surface area (Å²) in [7, 11) is 0. The van der Waals surface area contributed by atoms with Gasteiger partial charge in [0.25, 0.3) is 5.89 Å². The van der Waals surface area contributed by atoms with Crippen molar-refractivity contribution in [1.82, 2.24) is 25.2 Å². The minimum atomic E-state index is -0.336. The zero-order valence-corrected chi connectivity index (χ0v) is 12.2. The van der Waals surface area contributed by atoms with Gasteiger partial charge >= 0.3 is 0 Å². The number of rotatable bonds is 3. The predicted octanol–water partition coefficient (Wildman–Crippen LogP) is 2.12. The molecule has 0 atom stereocenters. The molecule has 4 rings (SSSR count). The molecule has 1 aliphatic rings. The average molecular weight is 301 g/mol. The third-order valence-corrected chi connectivity index (χ3v) is 4.81. The van der Waals surface area contributed by atoms with E-state index in [1.165, 1.54) is 0 Å². The summed E-state index contributed by atoms with van der Waals surface area (Å²) in [5, 5.41) is 14.0. The van der Waals surface area contributed by atoms with Crippen molar-refractivity contribution < 1.29 is 4.52 Å². The standard InChI is InChI=1S/C14H15N5OS/c1-3-11(21-10-1)12-17-13(20-18-12)14(4-7-15-8-5-14)19-9-2-6-16-19/h1-3,6,9-10,15H,4-5,7-8H2. The van der Waals surface area contributed by atoms with Gasteiger partial charge in [0, 0.05) is 12.4 Å². The molecule has 4 heterocycles. The van der Waals surface area contributed by atoms with Crippen LogP contribution >= 0.6 is 11.3 Å². The largest absolute Gasteiger partial charge is 0.336 e. The van der Waals surface area contributed by atoms with Gasteiger partial charge in [-0.2, -0.15) is 10.1 Å². The lowest BCUT2D eigenvalue weighted by Crippen LogP contribution is -2.45. The van der Waals surface area contributed by atoms with Crippen molar-refractivity contribution >= 4 is 11.3 Å². The number of hydrogen-bond acceptors (Lipinski definition) is 6. The van der Waals surface area contributed by atoms with Crippen LogP contribution in [0.1, 0.15) is 18.7 Å². The van der Waals surface area contributed by atoms with Crippen LogP contribution in [0, 0.1) is 0 Å². The average Bonchev–Trinajstić information content (AvgIpc) is 3.27. The third kappa shape index (κ3) is 2.09. The first kappa shape index (κ1) is 12.7. The second-order valence-corrected chi connectivity index (χ2v) is 6.08. The molecule has 1 saturated heterocycles. The molecule has 1 N–H and O–H groups in total. The van der Waals surface area contributed by atoms with Gasteiger partial charge < -0.3 is 9.84 Å². The fraction of sp³-hybridized carbons (Fsp3) is 0.357. The number of nitrogens with one attached hydrogen (secondary N) is 1. The second kappa shape index (κ2) is 5.09. The highest BCUT2D eigenvalue weighted by Gasteiger charge is 2.41. The summed E-state index contributed by atoms with van der Waals surface area (Å²) in [6.07, 6.45) is 5.54. The van der Waals surface area contributed by atoms with Crippen LogP contribution in [0.15, 0.2) is 40.5 Å². The van der Waals surface area contributed by atoms with Gasteiger partial charge in [-0.1, -0.05) is 11.2 Å². The van der Waals surface area contributed by atoms with E-state index < -0.39 is 0 Å². The minimum Gasteiger partial charge on any atom is -0.336 e. The van der Waals surface area contributed by atoms with Crippen LogP contribution in [0.25, 0.3) is 10.7 Å². The van der Waals surface area contributed by atoms with E-state index in [2.05, 4.69) is 20.6 Å². The van der Waals surface area contributed by atoms with Crippen molar-refractivity contribution in [2.24, 2.45) is 0 Å². The van der Waals surface area contributed by atoms with Crippen LogP contribution < -0.4 is 5.32 Å². The van der Waals surface area contributed by atoms with Crippen LogP contribution in [-0.2, 0) is 5.54 Å². The molecule has 1 fully saturated rings. The van der Waals surface area contributed by atoms with Crippen LogP contribution in [-0.4, -0.2) is 33.0 Å². The van der Waals surface area contributed by atoms with Gasteiger partial charge in [-0.3, -0.25) is 4.68 Å². The van der Waals surface area contributed by atoms with Crippen LogP contribution in [0.3, 0.4) is 0 Å². The van der Waals surface area contributed by atoms with E-state index in [-0.39, 0.29) is 5.54 Å². The Morgan fingerprint density at radius 1 is 1.29 bits per heavy atom. The lowest BCUT2D eigenvalue weighted by molar-refractivity contribution is 0.172. The maximum absolute atomic E-state index is 5.61. The highest BCUT2D eigenvalue weighted by atomic mass is 32.1. The summed E-state index contributed by atoms with van der Waals surface area (Å²) >= 11 is 1.61. The summed E-state index contributed by atoms with van der Waals surface area (Å²) in [6.45, 7) is 1.83. The van der Waals surface area contributed by atoms with E-state index in [0.717, 1.165) is 30.8 Å². The first-order valence-corrected chi connectivity index (χ1v) is 7.85. The van der Waals surface area contributed by atoms with Crippen molar-refractivity contribution in [2.75, 3.05) is 13.1 Å². The summed E-state index contributed by atoms with van der Waals surface area (Å²) in [5.41, 5.74) is -0.336. The molecule has 0 aliphatic carbocycles. The van der Waals surface area contributed by atoms with E-state index in [9.17, 15) is 0 Å². The quantitative estimate of drug-likeness (QED) is 0.802. The van der Waals surface area contributed by atoms with Crippen molar-refractivity contribution in [3.05, 3.63) is 41.9 Å². The van der Waals surface area contributed by atoms with E-state index >= 15 is 0 Å². The molecule has 0 saturated carbocycles. The summed E-state index contributed by atoms with van der Waals surface area (Å²) in [5.74, 6) is 1.31. The van der Waals surface area contributed by atoms with Gasteiger partial charge in [-0.25, -0.2) is 0 Å². The molecule has 1 aliphatic heterocycles. The molecule has 0 aromatic carbocycles. The molecule has 21 heavy (non-hydrogen) atoms. The third-order valence-electron chi connectivity index (χ3n) is 3.94. The zero-order valence-electron chi connectivity index (χ0n) is 11.4. The van der Waals surface area contributed by atoms with Crippen LogP contribution in [0.4, 0.5) is 0 Å². The van der Waals surface area contributed by atoms with Crippen LogP contribution in [0.5, 0.6) is 0 Å². The summed E-state index contributed by atoms with van der Waals surface area (Å²) < 4.78 is 7.57. The molecule has 0 bridgehead atoms. The van der Waals surface area contributed by atoms with Gasteiger partial charge in [0.1, 0.15) is 5.54 Å². The van der Waals surface area contributed by atoms with Gasteiger partial charge in [-0.15, -0.1) is 11.3 Å². The number of thiophene rings is 1. The van der Waals surface area contributed by atoms with Gasteiger partial charge in [0.05, 0.1) is 4.88 Å². The van der Waals surface area contributed by atoms with E-state index in [4.69, 9.17) is 4.52 Å². The molecule has 0 amide bonds. The molecule has 108 valence electrons. The van der Waals surface area contributed by atoms with E-state index in [1.807, 2.05) is 34.5 Å². The summed E-state index contributed by atoms with van der Waals surface area (Å²) in [6, 6.07) is 5.92. The molecule has 7 heteroatoms.